The number of hydrogen-bond acceptors (Lipinski definition) is 6. The van der Waals surface area contributed by atoms with Crippen molar-refractivity contribution in [1.29, 1.82) is 0 Å². The lowest BCUT2D eigenvalue weighted by Crippen LogP contribution is -2.38. The molecule has 5 rings (SSSR count). The molecule has 1 fully saturated rings. The largest absolute Gasteiger partial charge is 0.454 e. The Morgan fingerprint density at radius 1 is 1.09 bits per heavy atom. The summed E-state index contributed by atoms with van der Waals surface area (Å²) < 4.78 is 50.1. The summed E-state index contributed by atoms with van der Waals surface area (Å²) in [5.41, 5.74) is 1.63. The molecular weight excluding hydrogens is 447 g/mol. The van der Waals surface area contributed by atoms with Crippen LogP contribution in [0.5, 0.6) is 11.5 Å². The smallest absolute Gasteiger partial charge is 0.416 e. The fraction of sp³-hybridized carbons (Fsp3) is 0.400. The van der Waals surface area contributed by atoms with E-state index in [1.165, 1.54) is 12.1 Å². The zero-order chi connectivity index (χ0) is 23.7. The van der Waals surface area contributed by atoms with Crippen LogP contribution in [0.2, 0.25) is 0 Å². The van der Waals surface area contributed by atoms with Gasteiger partial charge in [-0.2, -0.15) is 13.2 Å². The summed E-state index contributed by atoms with van der Waals surface area (Å²) >= 11 is 0. The normalized spacial score (nSPS) is 18.0. The minimum atomic E-state index is -4.37. The molecule has 0 amide bonds. The number of aliphatic hydroxyl groups is 1. The molecule has 1 atom stereocenters. The number of rotatable bonds is 6. The minimum Gasteiger partial charge on any atom is -0.454 e. The van der Waals surface area contributed by atoms with E-state index in [1.54, 1.807) is 6.07 Å². The Hall–Kier alpha value is -3.04. The second-order valence-corrected chi connectivity index (χ2v) is 8.81. The van der Waals surface area contributed by atoms with Crippen molar-refractivity contribution in [2.24, 2.45) is 5.92 Å². The molecule has 180 valence electrons. The Morgan fingerprint density at radius 3 is 2.71 bits per heavy atom. The van der Waals surface area contributed by atoms with E-state index >= 15 is 0 Å². The molecule has 9 heteroatoms. The van der Waals surface area contributed by atoms with Gasteiger partial charge in [0, 0.05) is 49.8 Å². The number of nitrogens with one attached hydrogen (secondary N) is 1. The topological polar surface area (TPSA) is 66.9 Å². The van der Waals surface area contributed by atoms with Crippen molar-refractivity contribution in [2.45, 2.75) is 32.1 Å². The van der Waals surface area contributed by atoms with Crippen molar-refractivity contribution in [3.8, 4) is 11.5 Å². The summed E-state index contributed by atoms with van der Waals surface area (Å²) in [6.07, 6.45) is -2.43. The van der Waals surface area contributed by atoms with Crippen LogP contribution in [0, 0.1) is 5.92 Å². The third-order valence-electron chi connectivity index (χ3n) is 6.34. The molecule has 0 radical (unpaired) electrons. The first kappa shape index (κ1) is 22.7. The number of ether oxygens (including phenoxy) is 2. The second-order valence-electron chi connectivity index (χ2n) is 8.81. The van der Waals surface area contributed by atoms with E-state index in [0.717, 1.165) is 47.7 Å². The van der Waals surface area contributed by atoms with Gasteiger partial charge in [0.25, 0.3) is 0 Å². The Balaban J connectivity index is 1.42. The quantitative estimate of drug-likeness (QED) is 0.550. The number of halogens is 3. The van der Waals surface area contributed by atoms with Crippen LogP contribution in [0.4, 0.5) is 19.0 Å². The molecule has 1 unspecified atom stereocenters. The number of aromatic nitrogens is 1. The van der Waals surface area contributed by atoms with E-state index in [0.29, 0.717) is 36.7 Å². The van der Waals surface area contributed by atoms with E-state index in [-0.39, 0.29) is 19.3 Å². The molecule has 0 saturated carbocycles. The number of aliphatic hydroxyl groups excluding tert-OH is 1. The number of nitrogens with zero attached hydrogens (tertiary/aromatic N) is 2. The van der Waals surface area contributed by atoms with Gasteiger partial charge in [-0.25, -0.2) is 4.98 Å². The maximum atomic E-state index is 13.0. The van der Waals surface area contributed by atoms with Crippen molar-refractivity contribution in [2.75, 3.05) is 31.4 Å². The van der Waals surface area contributed by atoms with Gasteiger partial charge >= 0.3 is 6.18 Å². The number of piperidine rings is 1. The third kappa shape index (κ3) is 4.76. The number of hydrogen-bond donors (Lipinski definition) is 2. The van der Waals surface area contributed by atoms with Gasteiger partial charge in [0.1, 0.15) is 5.82 Å². The summed E-state index contributed by atoms with van der Waals surface area (Å²) in [6, 6.07) is 11.2. The zero-order valence-corrected chi connectivity index (χ0v) is 18.6. The van der Waals surface area contributed by atoms with Gasteiger partial charge in [-0.05, 0) is 42.5 Å². The average molecular weight is 473 g/mol. The Labute approximate surface area is 195 Å². The molecule has 2 aromatic carbocycles. The lowest BCUT2D eigenvalue weighted by atomic mass is 9.98. The fourth-order valence-electron chi connectivity index (χ4n) is 4.61. The van der Waals surface area contributed by atoms with Gasteiger partial charge in [0.2, 0.25) is 6.79 Å². The van der Waals surface area contributed by atoms with E-state index in [2.05, 4.69) is 10.2 Å². The van der Waals surface area contributed by atoms with E-state index in [4.69, 9.17) is 14.5 Å². The van der Waals surface area contributed by atoms with E-state index < -0.39 is 11.7 Å². The van der Waals surface area contributed by atoms with Crippen LogP contribution in [0.3, 0.4) is 0 Å². The van der Waals surface area contributed by atoms with Crippen molar-refractivity contribution < 1.29 is 27.8 Å². The molecular formula is C25H26F3N3O3. The number of anilines is 1. The van der Waals surface area contributed by atoms with Crippen molar-refractivity contribution in [3.05, 3.63) is 59.2 Å². The molecule has 0 bridgehead atoms. The lowest BCUT2D eigenvalue weighted by Gasteiger charge is -2.34. The van der Waals surface area contributed by atoms with Crippen molar-refractivity contribution in [1.82, 2.24) is 10.3 Å². The van der Waals surface area contributed by atoms with Gasteiger partial charge in [-0.3, -0.25) is 0 Å². The van der Waals surface area contributed by atoms with E-state index in [9.17, 15) is 18.3 Å². The molecule has 2 aliphatic rings. The first-order valence-electron chi connectivity index (χ1n) is 11.4. The first-order chi connectivity index (χ1) is 16.4. The molecule has 0 aliphatic carbocycles. The Bertz CT molecular complexity index is 1190. The standard InChI is InChI=1S/C25H26F3N3O3/c26-25(27,28)20-5-1-3-16(7-20)11-29-12-19-8-18-9-22-23(34-15-33-22)10-21(18)30-24(19)31-6-2-4-17(13-31)14-32/h1,3,5,7-10,17,29,32H,2,4,6,11-15H2. The SMILES string of the molecule is OCC1CCCN(c2nc3cc4c(cc3cc2CNCc2cccc(C(F)(F)F)c2)OCO4)C1. The minimum absolute atomic E-state index is 0.131. The van der Waals surface area contributed by atoms with Crippen LogP contribution < -0.4 is 19.7 Å². The van der Waals surface area contributed by atoms with Crippen molar-refractivity contribution >= 4 is 16.7 Å². The van der Waals surface area contributed by atoms with Gasteiger partial charge in [0.05, 0.1) is 11.1 Å². The number of alkyl halides is 3. The van der Waals surface area contributed by atoms with Gasteiger partial charge < -0.3 is 24.8 Å². The van der Waals surface area contributed by atoms with Crippen LogP contribution in [-0.4, -0.2) is 36.6 Å². The maximum absolute atomic E-state index is 13.0. The Kier molecular flexibility index (Phi) is 6.22. The maximum Gasteiger partial charge on any atom is 0.416 e. The summed E-state index contributed by atoms with van der Waals surface area (Å²) in [4.78, 5) is 7.13. The molecule has 34 heavy (non-hydrogen) atoms. The van der Waals surface area contributed by atoms with Gasteiger partial charge in [0.15, 0.2) is 11.5 Å². The predicted octanol–water partition coefficient (Wildman–Crippen LogP) is 4.48. The van der Waals surface area contributed by atoms with Gasteiger partial charge in [-0.1, -0.05) is 18.2 Å². The third-order valence-corrected chi connectivity index (χ3v) is 6.34. The molecule has 2 aliphatic heterocycles. The summed E-state index contributed by atoms with van der Waals surface area (Å²) in [5.74, 6) is 2.34. The van der Waals surface area contributed by atoms with Gasteiger partial charge in [-0.15, -0.1) is 0 Å². The summed E-state index contributed by atoms with van der Waals surface area (Å²) in [5, 5.41) is 13.9. The molecule has 2 N–H and O–H groups in total. The number of pyridine rings is 1. The average Bonchev–Trinajstić information content (AvgIpc) is 3.29. The second kappa shape index (κ2) is 9.31. The van der Waals surface area contributed by atoms with Crippen LogP contribution in [0.15, 0.2) is 42.5 Å². The highest BCUT2D eigenvalue weighted by atomic mass is 19.4. The van der Waals surface area contributed by atoms with Crippen LogP contribution >= 0.6 is 0 Å². The molecule has 1 aromatic heterocycles. The summed E-state index contributed by atoms with van der Waals surface area (Å²) in [7, 11) is 0. The van der Waals surface area contributed by atoms with E-state index in [1.807, 2.05) is 18.2 Å². The molecule has 0 spiro atoms. The highest BCUT2D eigenvalue weighted by molar-refractivity contribution is 5.85. The lowest BCUT2D eigenvalue weighted by molar-refractivity contribution is -0.137. The zero-order valence-electron chi connectivity index (χ0n) is 18.6. The number of fused-ring (bicyclic) bond motifs is 2. The monoisotopic (exact) mass is 473 g/mol. The van der Waals surface area contributed by atoms with Crippen LogP contribution in [-0.2, 0) is 19.3 Å². The highest BCUT2D eigenvalue weighted by Crippen LogP contribution is 2.37. The first-order valence-corrected chi connectivity index (χ1v) is 11.4. The molecule has 3 aromatic rings. The van der Waals surface area contributed by atoms with Crippen molar-refractivity contribution in [3.63, 3.8) is 0 Å². The summed E-state index contributed by atoms with van der Waals surface area (Å²) in [6.45, 7) is 2.57. The molecule has 6 nitrogen and oxygen atoms in total. The van der Waals surface area contributed by atoms with Crippen LogP contribution in [0.1, 0.15) is 29.5 Å². The Morgan fingerprint density at radius 2 is 1.91 bits per heavy atom. The number of benzene rings is 2. The van der Waals surface area contributed by atoms with Crippen LogP contribution in [0.25, 0.3) is 10.9 Å². The fourth-order valence-corrected chi connectivity index (χ4v) is 4.61. The molecule has 1 saturated heterocycles. The highest BCUT2D eigenvalue weighted by Gasteiger charge is 2.30. The molecule has 3 heterocycles. The predicted molar refractivity (Wildman–Crippen MR) is 122 cm³/mol.